The topological polar surface area (TPSA) is 49.7 Å². The van der Waals surface area contributed by atoms with Gasteiger partial charge in [-0.15, -0.1) is 0 Å². The Bertz CT molecular complexity index is 549. The summed E-state index contributed by atoms with van der Waals surface area (Å²) in [6.07, 6.45) is -0.244. The normalized spacial score (nSPS) is 18.0. The van der Waals surface area contributed by atoms with Gasteiger partial charge in [0.25, 0.3) is 0 Å². The van der Waals surface area contributed by atoms with Crippen LogP contribution in [-0.4, -0.2) is 10.2 Å². The lowest BCUT2D eigenvalue weighted by atomic mass is 9.98. The molecule has 1 aliphatic heterocycles. The molecule has 3 nitrogen and oxygen atoms in total. The summed E-state index contributed by atoms with van der Waals surface area (Å²) in [7, 11) is 0. The van der Waals surface area contributed by atoms with Crippen LogP contribution in [0.4, 0.5) is 0 Å². The lowest BCUT2D eigenvalue weighted by molar-refractivity contribution is 0.0929. The second-order valence-corrected chi connectivity index (χ2v) is 4.14. The van der Waals surface area contributed by atoms with Gasteiger partial charge in [0.1, 0.15) is 17.6 Å². The summed E-state index contributed by atoms with van der Waals surface area (Å²) in [5, 5.41) is 19.3. The number of aromatic hydroxyl groups is 2. The Morgan fingerprint density at radius 2 is 1.82 bits per heavy atom. The van der Waals surface area contributed by atoms with Crippen LogP contribution >= 0.6 is 0 Å². The number of hydrogen-bond donors (Lipinski definition) is 2. The van der Waals surface area contributed by atoms with Gasteiger partial charge in [0.2, 0.25) is 0 Å². The van der Waals surface area contributed by atoms with Crippen molar-refractivity contribution in [1.82, 2.24) is 0 Å². The van der Waals surface area contributed by atoms with Crippen LogP contribution in [0.1, 0.15) is 22.8 Å². The van der Waals surface area contributed by atoms with Crippen molar-refractivity contribution in [2.75, 3.05) is 0 Å². The van der Waals surface area contributed by atoms with Crippen LogP contribution in [0, 0.1) is 0 Å². The molecule has 0 aromatic heterocycles. The maximum atomic E-state index is 9.90. The second-order valence-electron chi connectivity index (χ2n) is 4.14. The van der Waals surface area contributed by atoms with Gasteiger partial charge >= 0.3 is 0 Å². The second kappa shape index (κ2) is 3.79. The average molecular weight is 228 g/mol. The molecule has 3 rings (SSSR count). The van der Waals surface area contributed by atoms with E-state index < -0.39 is 0 Å². The van der Waals surface area contributed by atoms with Gasteiger partial charge in [-0.25, -0.2) is 0 Å². The molecule has 2 aromatic carbocycles. The van der Waals surface area contributed by atoms with Crippen molar-refractivity contribution in [3.05, 3.63) is 59.2 Å². The largest absolute Gasteiger partial charge is 0.508 e. The molecule has 1 unspecified atom stereocenters. The third-order valence-electron chi connectivity index (χ3n) is 3.00. The molecule has 86 valence electrons. The average Bonchev–Trinajstić information content (AvgIpc) is 2.74. The molecule has 2 aromatic rings. The molecule has 0 saturated carbocycles. The molecule has 1 heterocycles. The van der Waals surface area contributed by atoms with Gasteiger partial charge in [0.05, 0.1) is 6.61 Å². The highest BCUT2D eigenvalue weighted by Crippen LogP contribution is 2.42. The molecule has 0 spiro atoms. The molecule has 17 heavy (non-hydrogen) atoms. The van der Waals surface area contributed by atoms with Crippen LogP contribution in [0.15, 0.2) is 42.5 Å². The molecule has 0 radical (unpaired) electrons. The molecule has 0 aliphatic carbocycles. The Hall–Kier alpha value is -2.00. The smallest absolute Gasteiger partial charge is 0.125 e. The van der Waals surface area contributed by atoms with E-state index >= 15 is 0 Å². The zero-order valence-corrected chi connectivity index (χ0v) is 9.13. The number of ether oxygens (including phenoxy) is 1. The highest BCUT2D eigenvalue weighted by Gasteiger charge is 2.28. The Morgan fingerprint density at radius 3 is 2.59 bits per heavy atom. The van der Waals surface area contributed by atoms with Crippen molar-refractivity contribution in [3.8, 4) is 11.5 Å². The summed E-state index contributed by atoms with van der Waals surface area (Å²) in [5.41, 5.74) is 2.61. The van der Waals surface area contributed by atoms with Gasteiger partial charge in [0.15, 0.2) is 0 Å². The van der Waals surface area contributed by atoms with E-state index in [0.717, 1.165) is 16.7 Å². The molecule has 0 bridgehead atoms. The van der Waals surface area contributed by atoms with Gasteiger partial charge < -0.3 is 14.9 Å². The summed E-state index contributed by atoms with van der Waals surface area (Å²) in [4.78, 5) is 0. The van der Waals surface area contributed by atoms with E-state index in [4.69, 9.17) is 4.74 Å². The van der Waals surface area contributed by atoms with E-state index in [1.165, 1.54) is 6.07 Å². The minimum atomic E-state index is -0.244. The zero-order chi connectivity index (χ0) is 11.8. The highest BCUT2D eigenvalue weighted by molar-refractivity contribution is 5.51. The fourth-order valence-corrected chi connectivity index (χ4v) is 2.25. The van der Waals surface area contributed by atoms with E-state index in [9.17, 15) is 10.2 Å². The monoisotopic (exact) mass is 228 g/mol. The molecule has 0 amide bonds. The molecule has 1 atom stereocenters. The SMILES string of the molecule is Oc1cc(O)c2c(c1)COC2c1ccccc1. The first kappa shape index (κ1) is 10.2. The van der Waals surface area contributed by atoms with Crippen molar-refractivity contribution in [2.24, 2.45) is 0 Å². The lowest BCUT2D eigenvalue weighted by Crippen LogP contribution is -1.98. The third-order valence-corrected chi connectivity index (χ3v) is 3.00. The fourth-order valence-electron chi connectivity index (χ4n) is 2.25. The fraction of sp³-hybridized carbons (Fsp3) is 0.143. The molecule has 2 N–H and O–H groups in total. The van der Waals surface area contributed by atoms with Crippen LogP contribution in [0.3, 0.4) is 0 Å². The minimum Gasteiger partial charge on any atom is -0.508 e. The van der Waals surface area contributed by atoms with Crippen LogP contribution in [-0.2, 0) is 11.3 Å². The van der Waals surface area contributed by atoms with Gasteiger partial charge in [-0.2, -0.15) is 0 Å². The zero-order valence-electron chi connectivity index (χ0n) is 9.13. The third kappa shape index (κ3) is 1.65. The van der Waals surface area contributed by atoms with E-state index in [2.05, 4.69) is 0 Å². The van der Waals surface area contributed by atoms with Crippen LogP contribution in [0.25, 0.3) is 0 Å². The van der Waals surface area contributed by atoms with Crippen molar-refractivity contribution >= 4 is 0 Å². The Morgan fingerprint density at radius 1 is 1.06 bits per heavy atom. The number of rotatable bonds is 1. The first-order valence-electron chi connectivity index (χ1n) is 5.47. The molecule has 3 heteroatoms. The standard InChI is InChI=1S/C14H12O3/c15-11-6-10-8-17-14(13(10)12(16)7-11)9-4-2-1-3-5-9/h1-7,14-16H,8H2. The Kier molecular flexibility index (Phi) is 2.27. The first-order valence-corrected chi connectivity index (χ1v) is 5.47. The maximum Gasteiger partial charge on any atom is 0.125 e. The van der Waals surface area contributed by atoms with Crippen LogP contribution < -0.4 is 0 Å². The number of phenolic OH excluding ortho intramolecular Hbond substituents is 2. The molecule has 0 saturated heterocycles. The van der Waals surface area contributed by atoms with Gasteiger partial charge in [0, 0.05) is 11.6 Å². The summed E-state index contributed by atoms with van der Waals surface area (Å²) >= 11 is 0. The summed E-state index contributed by atoms with van der Waals surface area (Å²) < 4.78 is 5.67. The summed E-state index contributed by atoms with van der Waals surface area (Å²) in [6, 6.07) is 12.7. The predicted octanol–water partition coefficient (Wildman–Crippen LogP) is 2.72. The molecule has 0 fully saturated rings. The molecular formula is C14H12O3. The van der Waals surface area contributed by atoms with E-state index in [0.29, 0.717) is 6.61 Å². The van der Waals surface area contributed by atoms with E-state index in [1.807, 2.05) is 30.3 Å². The van der Waals surface area contributed by atoms with Gasteiger partial charge in [-0.3, -0.25) is 0 Å². The first-order chi connectivity index (χ1) is 8.25. The number of phenols is 2. The van der Waals surface area contributed by atoms with Crippen molar-refractivity contribution in [2.45, 2.75) is 12.7 Å². The van der Waals surface area contributed by atoms with E-state index in [1.54, 1.807) is 6.07 Å². The van der Waals surface area contributed by atoms with Crippen LogP contribution in [0.5, 0.6) is 11.5 Å². The number of fused-ring (bicyclic) bond motifs is 1. The number of benzene rings is 2. The quantitative estimate of drug-likeness (QED) is 0.789. The molecular weight excluding hydrogens is 216 g/mol. The Labute approximate surface area is 98.9 Å². The summed E-state index contributed by atoms with van der Waals surface area (Å²) in [5.74, 6) is 0.157. The lowest BCUT2D eigenvalue weighted by Gasteiger charge is -2.12. The van der Waals surface area contributed by atoms with Crippen molar-refractivity contribution in [3.63, 3.8) is 0 Å². The summed E-state index contributed by atoms with van der Waals surface area (Å²) in [6.45, 7) is 0.414. The maximum absolute atomic E-state index is 9.90. The van der Waals surface area contributed by atoms with Crippen LogP contribution in [0.2, 0.25) is 0 Å². The molecule has 1 aliphatic rings. The van der Waals surface area contributed by atoms with E-state index in [-0.39, 0.29) is 17.6 Å². The predicted molar refractivity (Wildman–Crippen MR) is 62.8 cm³/mol. The van der Waals surface area contributed by atoms with Crippen molar-refractivity contribution in [1.29, 1.82) is 0 Å². The highest BCUT2D eigenvalue weighted by atomic mass is 16.5. The van der Waals surface area contributed by atoms with Gasteiger partial charge in [-0.1, -0.05) is 30.3 Å². The number of hydrogen-bond acceptors (Lipinski definition) is 3. The Balaban J connectivity index is 2.10. The van der Waals surface area contributed by atoms with Crippen molar-refractivity contribution < 1.29 is 14.9 Å². The van der Waals surface area contributed by atoms with Gasteiger partial charge in [-0.05, 0) is 17.2 Å². The minimum absolute atomic E-state index is 0.0681.